The maximum Gasteiger partial charge on any atom is 0.417 e. The molecule has 1 atom stereocenters. The predicted octanol–water partition coefficient (Wildman–Crippen LogP) is 1.12. The van der Waals surface area contributed by atoms with Gasteiger partial charge in [-0.1, -0.05) is 0 Å². The molecule has 1 aromatic carbocycles. The van der Waals surface area contributed by atoms with Gasteiger partial charge in [-0.3, -0.25) is 0 Å². The first-order valence-electron chi connectivity index (χ1n) is 5.42. The van der Waals surface area contributed by atoms with Crippen LogP contribution in [0.15, 0.2) is 18.2 Å². The second kappa shape index (κ2) is 8.14. The predicted molar refractivity (Wildman–Crippen MR) is 66.8 cm³/mol. The number of carbonyl (C=O) groups is 1. The smallest absolute Gasteiger partial charge is 0.388 e. The summed E-state index contributed by atoms with van der Waals surface area (Å²) in [6, 6.07) is 4.99. The molecule has 110 valence electrons. The summed E-state index contributed by atoms with van der Waals surface area (Å²) in [5.41, 5.74) is 3.86. The van der Waals surface area contributed by atoms with Gasteiger partial charge in [0.2, 0.25) is 0 Å². The van der Waals surface area contributed by atoms with Crippen LogP contribution in [0.25, 0.3) is 0 Å². The Kier molecular flexibility index (Phi) is 7.28. The number of carbonyl (C=O) groups excluding carboxylic acids is 1. The van der Waals surface area contributed by atoms with Crippen molar-refractivity contribution in [1.82, 2.24) is 0 Å². The highest BCUT2D eigenvalue weighted by molar-refractivity contribution is 5.55. The molecule has 1 aromatic rings. The van der Waals surface area contributed by atoms with Gasteiger partial charge in [0.1, 0.15) is 12.4 Å². The Labute approximate surface area is 113 Å². The fourth-order valence-electron chi connectivity index (χ4n) is 1.09. The lowest BCUT2D eigenvalue weighted by Gasteiger charge is -2.10. The highest BCUT2D eigenvalue weighted by Gasteiger charge is 2.33. The van der Waals surface area contributed by atoms with Crippen molar-refractivity contribution >= 4 is 12.0 Å². The number of rotatable bonds is 3. The van der Waals surface area contributed by atoms with E-state index in [1.54, 1.807) is 0 Å². The van der Waals surface area contributed by atoms with Crippen LogP contribution in [0.5, 0.6) is 0 Å². The molecule has 0 spiro atoms. The quantitative estimate of drug-likeness (QED) is 0.724. The van der Waals surface area contributed by atoms with E-state index in [0.29, 0.717) is 12.0 Å². The van der Waals surface area contributed by atoms with E-state index in [0.717, 1.165) is 12.1 Å². The summed E-state index contributed by atoms with van der Waals surface area (Å²) >= 11 is 0. The van der Waals surface area contributed by atoms with Crippen molar-refractivity contribution in [2.24, 2.45) is 5.73 Å². The van der Waals surface area contributed by atoms with E-state index in [1.807, 2.05) is 0 Å². The molecule has 1 rings (SSSR count). The van der Waals surface area contributed by atoms with Gasteiger partial charge < -0.3 is 21.0 Å². The van der Waals surface area contributed by atoms with Crippen LogP contribution in [-0.2, 0) is 11.0 Å². The van der Waals surface area contributed by atoms with Crippen LogP contribution in [-0.4, -0.2) is 31.1 Å². The number of aliphatic hydroxyl groups excluding tert-OH is 1. The molecule has 0 aromatic heterocycles. The van der Waals surface area contributed by atoms with E-state index in [9.17, 15) is 18.0 Å². The second-order valence-corrected chi connectivity index (χ2v) is 3.56. The molecular formula is C12H14F3N3O2. The molecule has 0 bridgehead atoms. The van der Waals surface area contributed by atoms with Crippen molar-refractivity contribution in [2.45, 2.75) is 12.3 Å². The number of anilines is 1. The Morgan fingerprint density at radius 2 is 2.15 bits per heavy atom. The molecule has 20 heavy (non-hydrogen) atoms. The van der Waals surface area contributed by atoms with Crippen molar-refractivity contribution in [3.8, 4) is 6.07 Å². The Morgan fingerprint density at radius 1 is 1.55 bits per heavy atom. The number of alkyl halides is 3. The zero-order chi connectivity index (χ0) is 15.8. The van der Waals surface area contributed by atoms with Gasteiger partial charge in [-0.2, -0.15) is 18.4 Å². The third kappa shape index (κ3) is 5.69. The topological polar surface area (TPSA) is 99.1 Å². The highest BCUT2D eigenvalue weighted by atomic mass is 19.4. The standard InChI is InChI=1S/C9H7F3N2.C3H7NO2/c1-14-7-3-2-6(5-13)8(4-7)9(10,11)12;4-1-3(6)2-5/h2-4,14H,1H3;2-3,6H,1,4H2. The Balaban J connectivity index is 0.000000511. The number of nitrogens with one attached hydrogen (secondary N) is 1. The summed E-state index contributed by atoms with van der Waals surface area (Å²) in [7, 11) is 1.52. The Hall–Kier alpha value is -2.11. The summed E-state index contributed by atoms with van der Waals surface area (Å²) in [6.07, 6.45) is -5.05. The lowest BCUT2D eigenvalue weighted by Crippen LogP contribution is -2.20. The van der Waals surface area contributed by atoms with Crippen LogP contribution in [0.1, 0.15) is 11.1 Å². The number of hydrogen-bond acceptors (Lipinski definition) is 5. The lowest BCUT2D eigenvalue weighted by molar-refractivity contribution is -0.137. The zero-order valence-corrected chi connectivity index (χ0v) is 10.6. The van der Waals surface area contributed by atoms with E-state index in [2.05, 4.69) is 5.32 Å². The maximum atomic E-state index is 12.4. The first-order valence-corrected chi connectivity index (χ1v) is 5.42. The molecule has 8 heteroatoms. The van der Waals surface area contributed by atoms with Gasteiger partial charge in [0, 0.05) is 19.3 Å². The lowest BCUT2D eigenvalue weighted by atomic mass is 10.1. The minimum atomic E-state index is -4.49. The third-order valence-electron chi connectivity index (χ3n) is 2.13. The highest BCUT2D eigenvalue weighted by Crippen LogP contribution is 2.33. The van der Waals surface area contributed by atoms with Crippen molar-refractivity contribution in [1.29, 1.82) is 5.26 Å². The van der Waals surface area contributed by atoms with Gasteiger partial charge in [-0.05, 0) is 18.2 Å². The largest absolute Gasteiger partial charge is 0.417 e. The van der Waals surface area contributed by atoms with Crippen molar-refractivity contribution < 1.29 is 23.1 Å². The number of halogens is 3. The molecule has 0 saturated heterocycles. The molecule has 0 saturated carbocycles. The molecule has 0 amide bonds. The first-order chi connectivity index (χ1) is 9.29. The van der Waals surface area contributed by atoms with Gasteiger partial charge in [0.05, 0.1) is 17.2 Å². The van der Waals surface area contributed by atoms with Gasteiger partial charge >= 0.3 is 6.18 Å². The van der Waals surface area contributed by atoms with Gasteiger partial charge in [0.25, 0.3) is 0 Å². The molecule has 0 aliphatic heterocycles. The molecule has 0 aliphatic rings. The maximum absolute atomic E-state index is 12.4. The molecular weight excluding hydrogens is 275 g/mol. The van der Waals surface area contributed by atoms with Crippen LogP contribution in [0.3, 0.4) is 0 Å². The summed E-state index contributed by atoms with van der Waals surface area (Å²) in [4.78, 5) is 9.41. The zero-order valence-electron chi connectivity index (χ0n) is 10.6. The van der Waals surface area contributed by atoms with Gasteiger partial charge in [0.15, 0.2) is 0 Å². The molecule has 0 radical (unpaired) electrons. The first kappa shape index (κ1) is 17.9. The van der Waals surface area contributed by atoms with Crippen LogP contribution >= 0.6 is 0 Å². The van der Waals surface area contributed by atoms with Crippen LogP contribution in [0.4, 0.5) is 18.9 Å². The van der Waals surface area contributed by atoms with Crippen molar-refractivity contribution in [2.75, 3.05) is 18.9 Å². The van der Waals surface area contributed by atoms with Gasteiger partial charge in [-0.15, -0.1) is 0 Å². The number of nitriles is 1. The van der Waals surface area contributed by atoms with Crippen LogP contribution in [0, 0.1) is 11.3 Å². The third-order valence-corrected chi connectivity index (χ3v) is 2.13. The van der Waals surface area contributed by atoms with Crippen molar-refractivity contribution in [3.63, 3.8) is 0 Å². The summed E-state index contributed by atoms with van der Waals surface area (Å²) in [5.74, 6) is 0. The fourth-order valence-corrected chi connectivity index (χ4v) is 1.09. The average Bonchev–Trinajstić information content (AvgIpc) is 2.45. The van der Waals surface area contributed by atoms with Crippen LogP contribution < -0.4 is 11.1 Å². The van der Waals surface area contributed by atoms with Crippen molar-refractivity contribution in [3.05, 3.63) is 29.3 Å². The summed E-state index contributed by atoms with van der Waals surface area (Å²) < 4.78 is 37.1. The molecule has 4 N–H and O–H groups in total. The Bertz CT molecular complexity index is 484. The number of aldehydes is 1. The normalized spacial score (nSPS) is 11.7. The minimum absolute atomic E-state index is 0.0174. The SMILES string of the molecule is CNc1ccc(C#N)c(C(F)(F)F)c1.NCC(O)C=O. The fraction of sp³-hybridized carbons (Fsp3) is 0.333. The average molecular weight is 289 g/mol. The summed E-state index contributed by atoms with van der Waals surface area (Å²) in [6.45, 7) is 0.0174. The minimum Gasteiger partial charge on any atom is -0.388 e. The van der Waals surface area contributed by atoms with E-state index >= 15 is 0 Å². The van der Waals surface area contributed by atoms with E-state index in [1.165, 1.54) is 19.2 Å². The summed E-state index contributed by atoms with van der Waals surface area (Å²) in [5, 5.41) is 19.2. The molecule has 5 nitrogen and oxygen atoms in total. The van der Waals surface area contributed by atoms with E-state index < -0.39 is 17.8 Å². The molecule has 0 fully saturated rings. The Morgan fingerprint density at radius 3 is 2.45 bits per heavy atom. The number of nitrogens with zero attached hydrogens (tertiary/aromatic N) is 1. The number of hydrogen-bond donors (Lipinski definition) is 3. The number of nitrogens with two attached hydrogens (primary N) is 1. The van der Waals surface area contributed by atoms with Gasteiger partial charge in [-0.25, -0.2) is 0 Å². The molecule has 1 unspecified atom stereocenters. The van der Waals surface area contributed by atoms with Crippen LogP contribution in [0.2, 0.25) is 0 Å². The molecule has 0 heterocycles. The van der Waals surface area contributed by atoms with E-state index in [4.69, 9.17) is 16.1 Å². The number of benzene rings is 1. The second-order valence-electron chi connectivity index (χ2n) is 3.56. The monoisotopic (exact) mass is 289 g/mol. The number of aliphatic hydroxyl groups is 1. The molecule has 0 aliphatic carbocycles. The van der Waals surface area contributed by atoms with E-state index in [-0.39, 0.29) is 12.1 Å².